The molecule has 0 aromatic heterocycles. The van der Waals surface area contributed by atoms with Crippen LogP contribution in [-0.4, -0.2) is 5.97 Å². The Labute approximate surface area is 153 Å². The Morgan fingerprint density at radius 1 is 0.920 bits per heavy atom. The lowest BCUT2D eigenvalue weighted by Gasteiger charge is -2.34. The van der Waals surface area contributed by atoms with E-state index in [1.54, 1.807) is 0 Å². The summed E-state index contributed by atoms with van der Waals surface area (Å²) in [5.74, 6) is 0.539. The topological polar surface area (TPSA) is 26.3 Å². The summed E-state index contributed by atoms with van der Waals surface area (Å²) >= 11 is 0. The molecule has 2 aliphatic carbocycles. The summed E-state index contributed by atoms with van der Waals surface area (Å²) < 4.78 is 5.86. The summed E-state index contributed by atoms with van der Waals surface area (Å²) in [7, 11) is 0. The first-order valence-electron chi connectivity index (χ1n) is 9.55. The molecule has 0 spiro atoms. The van der Waals surface area contributed by atoms with Crippen LogP contribution in [0.4, 0.5) is 0 Å². The van der Waals surface area contributed by atoms with E-state index in [2.05, 4.69) is 67.5 Å². The third kappa shape index (κ3) is 3.99. The van der Waals surface area contributed by atoms with Gasteiger partial charge in [0, 0.05) is 0 Å². The SMILES string of the molecule is CCC1=CC(OC(=O)C2=C(C)CC(C)(C)C(CC)=C2)=C(C)CC1(C)C. The van der Waals surface area contributed by atoms with Gasteiger partial charge in [-0.2, -0.15) is 0 Å². The van der Waals surface area contributed by atoms with Crippen molar-refractivity contribution in [1.29, 1.82) is 0 Å². The predicted molar refractivity (Wildman–Crippen MR) is 105 cm³/mol. The van der Waals surface area contributed by atoms with E-state index >= 15 is 0 Å². The maximum absolute atomic E-state index is 12.9. The Morgan fingerprint density at radius 2 is 1.40 bits per heavy atom. The summed E-state index contributed by atoms with van der Waals surface area (Å²) in [6, 6.07) is 0. The number of carbonyl (C=O) groups is 1. The van der Waals surface area contributed by atoms with Crippen LogP contribution < -0.4 is 0 Å². The van der Waals surface area contributed by atoms with Crippen molar-refractivity contribution in [3.05, 3.63) is 45.8 Å². The second kappa shape index (κ2) is 6.97. The molecule has 0 heterocycles. The van der Waals surface area contributed by atoms with Crippen molar-refractivity contribution in [3.8, 4) is 0 Å². The minimum absolute atomic E-state index is 0.127. The van der Waals surface area contributed by atoms with Gasteiger partial charge in [0.15, 0.2) is 0 Å². The van der Waals surface area contributed by atoms with Crippen LogP contribution in [0.3, 0.4) is 0 Å². The van der Waals surface area contributed by atoms with Crippen LogP contribution >= 0.6 is 0 Å². The molecule has 0 saturated heterocycles. The number of hydrogen-bond donors (Lipinski definition) is 0. The zero-order valence-electron chi connectivity index (χ0n) is 17.3. The van der Waals surface area contributed by atoms with Crippen molar-refractivity contribution in [2.24, 2.45) is 10.8 Å². The number of carbonyl (C=O) groups excluding carboxylic acids is 1. The van der Waals surface area contributed by atoms with Crippen molar-refractivity contribution in [3.63, 3.8) is 0 Å². The van der Waals surface area contributed by atoms with Gasteiger partial charge >= 0.3 is 5.97 Å². The van der Waals surface area contributed by atoms with Gasteiger partial charge in [-0.25, -0.2) is 4.79 Å². The van der Waals surface area contributed by atoms with Gasteiger partial charge in [0.1, 0.15) is 5.76 Å². The van der Waals surface area contributed by atoms with E-state index in [1.807, 2.05) is 0 Å². The summed E-state index contributed by atoms with van der Waals surface area (Å²) in [5, 5.41) is 0. The van der Waals surface area contributed by atoms with Gasteiger partial charge in [0.25, 0.3) is 0 Å². The molecule has 0 unspecified atom stereocenters. The molecule has 0 N–H and O–H groups in total. The maximum atomic E-state index is 12.9. The van der Waals surface area contributed by atoms with E-state index in [0.717, 1.165) is 48.2 Å². The summed E-state index contributed by atoms with van der Waals surface area (Å²) in [6.07, 6.45) is 7.96. The fraction of sp³-hybridized carbons (Fsp3) is 0.609. The van der Waals surface area contributed by atoms with Gasteiger partial charge in [-0.15, -0.1) is 0 Å². The Bertz CT molecular complexity index is 694. The average molecular weight is 343 g/mol. The van der Waals surface area contributed by atoms with Gasteiger partial charge in [0.05, 0.1) is 5.57 Å². The molecule has 2 heteroatoms. The van der Waals surface area contributed by atoms with Crippen LogP contribution in [0.15, 0.2) is 45.8 Å². The minimum Gasteiger partial charge on any atom is -0.423 e. The lowest BCUT2D eigenvalue weighted by atomic mass is 9.72. The molecular formula is C23H34O2. The van der Waals surface area contributed by atoms with E-state index < -0.39 is 0 Å². The Balaban J connectivity index is 2.29. The maximum Gasteiger partial charge on any atom is 0.343 e. The number of rotatable bonds is 4. The predicted octanol–water partition coefficient (Wildman–Crippen LogP) is 6.65. The normalized spacial score (nSPS) is 22.6. The molecule has 2 aliphatic rings. The molecule has 0 amide bonds. The molecule has 0 fully saturated rings. The van der Waals surface area contributed by atoms with Gasteiger partial charge < -0.3 is 4.74 Å². The van der Waals surface area contributed by atoms with Crippen molar-refractivity contribution in [2.45, 2.75) is 81.1 Å². The minimum atomic E-state index is -0.209. The van der Waals surface area contributed by atoms with Gasteiger partial charge in [-0.1, -0.05) is 58.3 Å². The van der Waals surface area contributed by atoms with Crippen LogP contribution in [0.5, 0.6) is 0 Å². The lowest BCUT2D eigenvalue weighted by Crippen LogP contribution is -2.24. The van der Waals surface area contributed by atoms with E-state index in [4.69, 9.17) is 4.74 Å². The number of hydrogen-bond acceptors (Lipinski definition) is 2. The highest BCUT2D eigenvalue weighted by molar-refractivity contribution is 5.94. The molecule has 0 bridgehead atoms. The largest absolute Gasteiger partial charge is 0.423 e. The summed E-state index contributed by atoms with van der Waals surface area (Å²) in [6.45, 7) is 17.5. The quantitative estimate of drug-likeness (QED) is 0.534. The standard InChI is InChI=1S/C23H34O2/c1-9-17-11-19(15(3)13-22(17,5)6)21(24)25-20-12-18(10-2)23(7,8)14-16(20)4/h11-12H,9-10,13-14H2,1-8H3. The second-order valence-electron chi connectivity index (χ2n) is 8.90. The average Bonchev–Trinajstić information content (AvgIpc) is 2.48. The number of esters is 1. The van der Waals surface area contributed by atoms with Gasteiger partial charge in [-0.3, -0.25) is 0 Å². The molecule has 2 rings (SSSR count). The molecule has 25 heavy (non-hydrogen) atoms. The van der Waals surface area contributed by atoms with Gasteiger partial charge in [-0.05, 0) is 68.1 Å². The first-order valence-corrected chi connectivity index (χ1v) is 9.55. The highest BCUT2D eigenvalue weighted by Crippen LogP contribution is 2.43. The highest BCUT2D eigenvalue weighted by Gasteiger charge is 2.32. The third-order valence-electron chi connectivity index (χ3n) is 5.84. The monoisotopic (exact) mass is 342 g/mol. The molecule has 138 valence electrons. The molecule has 0 aromatic carbocycles. The third-order valence-corrected chi connectivity index (χ3v) is 5.84. The fourth-order valence-electron chi connectivity index (χ4n) is 4.37. The van der Waals surface area contributed by atoms with E-state index in [-0.39, 0.29) is 16.8 Å². The highest BCUT2D eigenvalue weighted by atomic mass is 16.5. The van der Waals surface area contributed by atoms with Crippen molar-refractivity contribution in [1.82, 2.24) is 0 Å². The number of ether oxygens (including phenoxy) is 1. The molecule has 0 aliphatic heterocycles. The molecule has 0 aromatic rings. The number of allylic oxidation sites excluding steroid dienone is 5. The van der Waals surface area contributed by atoms with E-state index in [0.29, 0.717) is 0 Å². The van der Waals surface area contributed by atoms with Crippen LogP contribution in [0.1, 0.15) is 81.1 Å². The first-order chi connectivity index (χ1) is 11.5. The van der Waals surface area contributed by atoms with Crippen LogP contribution in [-0.2, 0) is 9.53 Å². The Kier molecular flexibility index (Phi) is 5.51. The lowest BCUT2D eigenvalue weighted by molar-refractivity contribution is -0.134. The Hall–Kier alpha value is -1.57. The second-order valence-corrected chi connectivity index (χ2v) is 8.90. The zero-order chi connectivity index (χ0) is 19.0. The van der Waals surface area contributed by atoms with Crippen molar-refractivity contribution >= 4 is 5.97 Å². The van der Waals surface area contributed by atoms with Crippen molar-refractivity contribution in [2.75, 3.05) is 0 Å². The smallest absolute Gasteiger partial charge is 0.343 e. The van der Waals surface area contributed by atoms with E-state index in [1.165, 1.54) is 11.1 Å². The molecule has 0 atom stereocenters. The summed E-state index contributed by atoms with van der Waals surface area (Å²) in [4.78, 5) is 12.9. The molecular weight excluding hydrogens is 308 g/mol. The van der Waals surface area contributed by atoms with Gasteiger partial charge in [0.2, 0.25) is 0 Å². The van der Waals surface area contributed by atoms with Crippen LogP contribution in [0.2, 0.25) is 0 Å². The first kappa shape index (κ1) is 19.8. The molecule has 2 nitrogen and oxygen atoms in total. The summed E-state index contributed by atoms with van der Waals surface area (Å²) in [5.41, 5.74) is 5.97. The molecule has 0 saturated carbocycles. The van der Waals surface area contributed by atoms with Crippen LogP contribution in [0.25, 0.3) is 0 Å². The van der Waals surface area contributed by atoms with Crippen molar-refractivity contribution < 1.29 is 9.53 Å². The fourth-order valence-corrected chi connectivity index (χ4v) is 4.37. The zero-order valence-corrected chi connectivity index (χ0v) is 17.3. The van der Waals surface area contributed by atoms with E-state index in [9.17, 15) is 4.79 Å². The van der Waals surface area contributed by atoms with Crippen LogP contribution in [0, 0.1) is 10.8 Å². The molecule has 0 radical (unpaired) electrons. The Morgan fingerprint density at radius 3 is 1.92 bits per heavy atom.